The standard InChI is InChI=1S/C53H34N2O2/c1-33-12-9-15-37(32-33)55(47-21-11-19-41-39-17-6-8-23-49(39)57-53(41)47)45-31-27-35-24-28-42-44(30-26-34-25-29-43(45)51(35)50(34)42)54(36-13-3-2-4-14-36)46-20-10-18-40-38-16-5-7-22-48(38)56-52(40)46/h2-32H,1H3. The van der Waals surface area contributed by atoms with Crippen LogP contribution in [-0.2, 0) is 0 Å². The summed E-state index contributed by atoms with van der Waals surface area (Å²) in [7, 11) is 0. The molecule has 0 aliphatic carbocycles. The minimum Gasteiger partial charge on any atom is -0.454 e. The molecule has 2 aromatic heterocycles. The van der Waals surface area contributed by atoms with Gasteiger partial charge < -0.3 is 18.6 Å². The summed E-state index contributed by atoms with van der Waals surface area (Å²) in [5.41, 5.74) is 11.0. The Morgan fingerprint density at radius 1 is 0.333 bits per heavy atom. The first-order chi connectivity index (χ1) is 28.2. The average molecular weight is 731 g/mol. The molecule has 12 rings (SSSR count). The van der Waals surface area contributed by atoms with E-state index in [1.165, 1.54) is 37.9 Å². The molecule has 268 valence electrons. The van der Waals surface area contributed by atoms with Gasteiger partial charge in [-0.2, -0.15) is 0 Å². The molecule has 0 radical (unpaired) electrons. The number of aryl methyl sites for hydroxylation is 1. The van der Waals surface area contributed by atoms with Crippen molar-refractivity contribution in [3.05, 3.63) is 194 Å². The van der Waals surface area contributed by atoms with Crippen molar-refractivity contribution in [1.82, 2.24) is 0 Å². The molecule has 0 N–H and O–H groups in total. The van der Waals surface area contributed by atoms with Crippen LogP contribution in [0.15, 0.2) is 197 Å². The lowest BCUT2D eigenvalue weighted by Crippen LogP contribution is -2.12. The van der Waals surface area contributed by atoms with Crippen LogP contribution in [0.1, 0.15) is 5.56 Å². The first-order valence-electron chi connectivity index (χ1n) is 19.4. The van der Waals surface area contributed by atoms with Crippen LogP contribution in [0.2, 0.25) is 0 Å². The summed E-state index contributed by atoms with van der Waals surface area (Å²) in [4.78, 5) is 4.74. The molecule has 0 aliphatic heterocycles. The van der Waals surface area contributed by atoms with E-state index in [1.54, 1.807) is 0 Å². The number of anilines is 6. The van der Waals surface area contributed by atoms with Gasteiger partial charge in [-0.15, -0.1) is 0 Å². The van der Waals surface area contributed by atoms with E-state index in [0.717, 1.165) is 78.0 Å². The third-order valence-electron chi connectivity index (χ3n) is 11.6. The van der Waals surface area contributed by atoms with Gasteiger partial charge in [0.1, 0.15) is 11.2 Å². The van der Waals surface area contributed by atoms with Crippen LogP contribution < -0.4 is 9.80 Å². The van der Waals surface area contributed by atoms with Gasteiger partial charge in [0.2, 0.25) is 0 Å². The van der Waals surface area contributed by atoms with Gasteiger partial charge in [-0.1, -0.05) is 127 Å². The second-order valence-corrected chi connectivity index (χ2v) is 14.9. The fourth-order valence-electron chi connectivity index (χ4n) is 9.14. The fraction of sp³-hybridized carbons (Fsp3) is 0.0189. The Labute approximate surface area is 328 Å². The zero-order chi connectivity index (χ0) is 37.6. The highest BCUT2D eigenvalue weighted by Crippen LogP contribution is 2.50. The first-order valence-corrected chi connectivity index (χ1v) is 19.4. The van der Waals surface area contributed by atoms with E-state index in [1.807, 2.05) is 12.1 Å². The normalized spacial score (nSPS) is 11.9. The monoisotopic (exact) mass is 730 g/mol. The second-order valence-electron chi connectivity index (χ2n) is 14.9. The molecule has 0 spiro atoms. The molecule has 0 amide bonds. The van der Waals surface area contributed by atoms with E-state index in [0.29, 0.717) is 0 Å². The SMILES string of the molecule is Cc1cccc(N(c2ccc3ccc4c(N(c5ccccc5)c5cccc6c5oc5ccccc56)ccc5ccc2c3c54)c2cccc3c2oc2ccccc23)c1. The molecule has 0 aliphatic rings. The molecule has 0 fully saturated rings. The summed E-state index contributed by atoms with van der Waals surface area (Å²) >= 11 is 0. The Morgan fingerprint density at radius 2 is 0.789 bits per heavy atom. The number of para-hydroxylation sites is 5. The van der Waals surface area contributed by atoms with E-state index in [-0.39, 0.29) is 0 Å². The lowest BCUT2D eigenvalue weighted by Gasteiger charge is -2.29. The molecule has 57 heavy (non-hydrogen) atoms. The topological polar surface area (TPSA) is 32.8 Å². The Morgan fingerprint density at radius 3 is 1.35 bits per heavy atom. The molecule has 10 aromatic carbocycles. The van der Waals surface area contributed by atoms with Crippen molar-refractivity contribution >= 4 is 110 Å². The molecule has 12 aromatic rings. The van der Waals surface area contributed by atoms with Crippen LogP contribution in [0.3, 0.4) is 0 Å². The van der Waals surface area contributed by atoms with Gasteiger partial charge >= 0.3 is 0 Å². The number of nitrogens with zero attached hydrogens (tertiary/aromatic N) is 2. The maximum absolute atomic E-state index is 6.68. The van der Waals surface area contributed by atoms with Gasteiger partial charge in [0, 0.05) is 43.7 Å². The largest absolute Gasteiger partial charge is 0.454 e. The number of hydrogen-bond acceptors (Lipinski definition) is 4. The fourth-order valence-corrected chi connectivity index (χ4v) is 9.14. The maximum atomic E-state index is 6.68. The Kier molecular flexibility index (Phi) is 6.81. The molecule has 0 saturated heterocycles. The average Bonchev–Trinajstić information content (AvgIpc) is 3.84. The van der Waals surface area contributed by atoms with Crippen LogP contribution in [0.5, 0.6) is 0 Å². The van der Waals surface area contributed by atoms with Crippen molar-refractivity contribution in [3.63, 3.8) is 0 Å². The lowest BCUT2D eigenvalue weighted by molar-refractivity contribution is 0.669. The zero-order valence-electron chi connectivity index (χ0n) is 31.1. The highest BCUT2D eigenvalue weighted by Gasteiger charge is 2.25. The highest BCUT2D eigenvalue weighted by atomic mass is 16.3. The van der Waals surface area contributed by atoms with Gasteiger partial charge in [0.15, 0.2) is 11.2 Å². The smallest absolute Gasteiger partial charge is 0.159 e. The Balaban J connectivity index is 1.14. The third kappa shape index (κ3) is 4.74. The van der Waals surface area contributed by atoms with Crippen LogP contribution in [0, 0.1) is 6.92 Å². The molecular weight excluding hydrogens is 697 g/mol. The molecule has 4 heteroatoms. The van der Waals surface area contributed by atoms with Crippen LogP contribution in [0.4, 0.5) is 34.1 Å². The lowest BCUT2D eigenvalue weighted by atomic mass is 9.91. The second kappa shape index (κ2) is 12.2. The molecule has 0 unspecified atom stereocenters. The number of benzene rings is 10. The molecule has 0 bridgehead atoms. The van der Waals surface area contributed by atoms with E-state index < -0.39 is 0 Å². The number of rotatable bonds is 6. The predicted molar refractivity (Wildman–Crippen MR) is 239 cm³/mol. The quantitative estimate of drug-likeness (QED) is 0.160. The molecular formula is C53H34N2O2. The van der Waals surface area contributed by atoms with Crippen molar-refractivity contribution in [3.8, 4) is 0 Å². The molecule has 4 nitrogen and oxygen atoms in total. The summed E-state index contributed by atoms with van der Waals surface area (Å²) in [5.74, 6) is 0. The van der Waals surface area contributed by atoms with Gasteiger partial charge in [0.05, 0.1) is 22.7 Å². The van der Waals surface area contributed by atoms with Crippen LogP contribution >= 0.6 is 0 Å². The van der Waals surface area contributed by atoms with E-state index in [9.17, 15) is 0 Å². The molecule has 0 atom stereocenters. The number of fused-ring (bicyclic) bond motifs is 6. The highest BCUT2D eigenvalue weighted by molar-refractivity contribution is 6.28. The van der Waals surface area contributed by atoms with Crippen LogP contribution in [-0.4, -0.2) is 0 Å². The van der Waals surface area contributed by atoms with Crippen molar-refractivity contribution < 1.29 is 8.83 Å². The van der Waals surface area contributed by atoms with Gasteiger partial charge in [0.25, 0.3) is 0 Å². The molecule has 0 saturated carbocycles. The summed E-state index contributed by atoms with van der Waals surface area (Å²) in [6.45, 7) is 2.15. The summed E-state index contributed by atoms with van der Waals surface area (Å²) in [6.07, 6.45) is 0. The van der Waals surface area contributed by atoms with Gasteiger partial charge in [-0.3, -0.25) is 0 Å². The van der Waals surface area contributed by atoms with Gasteiger partial charge in [-0.05, 0) is 94.7 Å². The summed E-state index contributed by atoms with van der Waals surface area (Å²) < 4.78 is 13.3. The van der Waals surface area contributed by atoms with E-state index in [2.05, 4.69) is 193 Å². The number of hydrogen-bond donors (Lipinski definition) is 0. The summed E-state index contributed by atoms with van der Waals surface area (Å²) in [6, 6.07) is 67.2. The predicted octanol–water partition coefficient (Wildman–Crippen LogP) is 15.6. The first kappa shape index (κ1) is 31.8. The Hall–Kier alpha value is -7.56. The van der Waals surface area contributed by atoms with E-state index >= 15 is 0 Å². The van der Waals surface area contributed by atoms with Crippen molar-refractivity contribution in [1.29, 1.82) is 0 Å². The van der Waals surface area contributed by atoms with Crippen molar-refractivity contribution in [2.45, 2.75) is 6.92 Å². The maximum Gasteiger partial charge on any atom is 0.159 e. The minimum atomic E-state index is 0.865. The molecule has 2 heterocycles. The zero-order valence-corrected chi connectivity index (χ0v) is 31.1. The van der Waals surface area contributed by atoms with Gasteiger partial charge in [-0.25, -0.2) is 0 Å². The van der Waals surface area contributed by atoms with E-state index in [4.69, 9.17) is 8.83 Å². The van der Waals surface area contributed by atoms with Crippen molar-refractivity contribution in [2.24, 2.45) is 0 Å². The Bertz CT molecular complexity index is 3510. The minimum absolute atomic E-state index is 0.865. The summed E-state index contributed by atoms with van der Waals surface area (Å²) in [5, 5.41) is 11.6. The third-order valence-corrected chi connectivity index (χ3v) is 11.6. The number of furan rings is 2. The van der Waals surface area contributed by atoms with Crippen molar-refractivity contribution in [2.75, 3.05) is 9.80 Å². The van der Waals surface area contributed by atoms with Crippen LogP contribution in [0.25, 0.3) is 76.2 Å².